The van der Waals surface area contributed by atoms with E-state index in [9.17, 15) is 14.4 Å². The van der Waals surface area contributed by atoms with Crippen molar-refractivity contribution in [2.45, 2.75) is 18.9 Å². The molecule has 1 aromatic rings. The zero-order valence-corrected chi connectivity index (χ0v) is 14.0. The van der Waals surface area contributed by atoms with Crippen LogP contribution >= 0.6 is 0 Å². The molecule has 2 fully saturated rings. The van der Waals surface area contributed by atoms with Crippen LogP contribution in [0.4, 0.5) is 11.4 Å². The van der Waals surface area contributed by atoms with Gasteiger partial charge in [-0.3, -0.25) is 24.6 Å². The number of piperidine rings is 1. The van der Waals surface area contributed by atoms with Crippen molar-refractivity contribution >= 4 is 29.1 Å². The van der Waals surface area contributed by atoms with E-state index in [0.717, 1.165) is 31.9 Å². The number of carbonyl (C=O) groups is 3. The van der Waals surface area contributed by atoms with Crippen molar-refractivity contribution in [3.05, 3.63) is 24.3 Å². The first kappa shape index (κ1) is 17.4. The van der Waals surface area contributed by atoms with Gasteiger partial charge in [0.2, 0.25) is 17.7 Å². The molecule has 0 aliphatic carbocycles. The molecule has 0 spiro atoms. The molecule has 0 bridgehead atoms. The summed E-state index contributed by atoms with van der Waals surface area (Å²) in [5.74, 6) is -0.567. The smallest absolute Gasteiger partial charge is 0.249 e. The van der Waals surface area contributed by atoms with E-state index in [0.29, 0.717) is 25.1 Å². The second-order valence-corrected chi connectivity index (χ2v) is 6.30. The molecule has 3 rings (SSSR count). The third-order valence-corrected chi connectivity index (χ3v) is 4.33. The Morgan fingerprint density at radius 2 is 1.80 bits per heavy atom. The van der Waals surface area contributed by atoms with Crippen LogP contribution in [0.2, 0.25) is 0 Å². The highest BCUT2D eigenvalue weighted by molar-refractivity contribution is 6.01. The highest BCUT2D eigenvalue weighted by Crippen LogP contribution is 2.17. The molecule has 134 valence electrons. The fourth-order valence-corrected chi connectivity index (χ4v) is 2.96. The molecule has 4 N–H and O–H groups in total. The van der Waals surface area contributed by atoms with Crippen LogP contribution in [0.1, 0.15) is 12.8 Å². The van der Waals surface area contributed by atoms with Crippen molar-refractivity contribution in [1.29, 1.82) is 0 Å². The highest BCUT2D eigenvalue weighted by Gasteiger charge is 2.26. The Bertz CT molecular complexity index is 640. The van der Waals surface area contributed by atoms with Crippen LogP contribution in [-0.4, -0.2) is 61.4 Å². The van der Waals surface area contributed by atoms with Crippen LogP contribution in [0.15, 0.2) is 24.3 Å². The summed E-state index contributed by atoms with van der Waals surface area (Å²) in [7, 11) is 0. The molecule has 1 atom stereocenters. The van der Waals surface area contributed by atoms with E-state index in [-0.39, 0.29) is 17.7 Å². The maximum absolute atomic E-state index is 12.1. The normalized spacial score (nSPS) is 21.5. The van der Waals surface area contributed by atoms with Gasteiger partial charge in [0.15, 0.2) is 0 Å². The van der Waals surface area contributed by atoms with Gasteiger partial charge in [-0.15, -0.1) is 0 Å². The number of hydrogen-bond acceptors (Lipinski definition) is 6. The predicted octanol–water partition coefficient (Wildman–Crippen LogP) is -0.253. The van der Waals surface area contributed by atoms with Crippen LogP contribution in [0.25, 0.3) is 0 Å². The van der Waals surface area contributed by atoms with Crippen molar-refractivity contribution in [3.8, 4) is 0 Å². The van der Waals surface area contributed by atoms with E-state index in [4.69, 9.17) is 0 Å². The molecule has 2 saturated heterocycles. The first-order valence-corrected chi connectivity index (χ1v) is 8.53. The average Bonchev–Trinajstić information content (AvgIpc) is 2.60. The summed E-state index contributed by atoms with van der Waals surface area (Å²) in [4.78, 5) is 37.1. The van der Waals surface area contributed by atoms with Gasteiger partial charge in [-0.1, -0.05) is 0 Å². The molecule has 8 nitrogen and oxygen atoms in total. The van der Waals surface area contributed by atoms with Gasteiger partial charge in [-0.05, 0) is 30.7 Å². The van der Waals surface area contributed by atoms with E-state index < -0.39 is 6.04 Å². The van der Waals surface area contributed by atoms with Crippen LogP contribution in [0.5, 0.6) is 0 Å². The molecule has 3 amide bonds. The topological polar surface area (TPSA) is 103 Å². The second-order valence-electron chi connectivity index (χ2n) is 6.30. The van der Waals surface area contributed by atoms with Crippen molar-refractivity contribution in [1.82, 2.24) is 15.5 Å². The summed E-state index contributed by atoms with van der Waals surface area (Å²) in [5.41, 5.74) is 1.49. The van der Waals surface area contributed by atoms with Gasteiger partial charge in [-0.25, -0.2) is 0 Å². The van der Waals surface area contributed by atoms with Crippen LogP contribution < -0.4 is 21.3 Å². The number of imide groups is 1. The SMILES string of the molecule is O=C1CCC(Nc2ccc(NC(=O)CN3CCNCC3)cc2)C(=O)N1. The highest BCUT2D eigenvalue weighted by atomic mass is 16.2. The maximum Gasteiger partial charge on any atom is 0.249 e. The number of carbonyl (C=O) groups excluding carboxylic acids is 3. The molecular weight excluding hydrogens is 322 g/mol. The zero-order valence-electron chi connectivity index (χ0n) is 14.0. The summed E-state index contributed by atoms with van der Waals surface area (Å²) in [6.07, 6.45) is 0.817. The molecule has 0 radical (unpaired) electrons. The van der Waals surface area contributed by atoms with Crippen molar-refractivity contribution in [2.24, 2.45) is 0 Å². The molecule has 0 saturated carbocycles. The largest absolute Gasteiger partial charge is 0.374 e. The van der Waals surface area contributed by atoms with Gasteiger partial charge in [0.05, 0.1) is 6.54 Å². The van der Waals surface area contributed by atoms with Gasteiger partial charge in [0.25, 0.3) is 0 Å². The Morgan fingerprint density at radius 1 is 1.12 bits per heavy atom. The summed E-state index contributed by atoms with van der Waals surface area (Å²) in [5, 5.41) is 11.6. The molecule has 1 aromatic carbocycles. The molecule has 0 aromatic heterocycles. The average molecular weight is 345 g/mol. The lowest BCUT2D eigenvalue weighted by atomic mass is 10.1. The Hall–Kier alpha value is -2.45. The fraction of sp³-hybridized carbons (Fsp3) is 0.471. The minimum absolute atomic E-state index is 0.0345. The van der Waals surface area contributed by atoms with Crippen LogP contribution in [-0.2, 0) is 14.4 Å². The maximum atomic E-state index is 12.1. The number of amides is 3. The molecular formula is C17H23N5O3. The third kappa shape index (κ3) is 5.01. The second kappa shape index (κ2) is 8.09. The number of anilines is 2. The Morgan fingerprint density at radius 3 is 2.48 bits per heavy atom. The third-order valence-electron chi connectivity index (χ3n) is 4.33. The molecule has 25 heavy (non-hydrogen) atoms. The number of rotatable bonds is 5. The van der Waals surface area contributed by atoms with E-state index in [1.54, 1.807) is 12.1 Å². The summed E-state index contributed by atoms with van der Waals surface area (Å²) >= 11 is 0. The summed E-state index contributed by atoms with van der Waals surface area (Å²) in [6.45, 7) is 3.96. The zero-order chi connectivity index (χ0) is 17.6. The molecule has 2 heterocycles. The minimum Gasteiger partial charge on any atom is -0.374 e. The van der Waals surface area contributed by atoms with Gasteiger partial charge >= 0.3 is 0 Å². The predicted molar refractivity (Wildman–Crippen MR) is 94.2 cm³/mol. The van der Waals surface area contributed by atoms with Gasteiger partial charge in [-0.2, -0.15) is 0 Å². The summed E-state index contributed by atoms with van der Waals surface area (Å²) < 4.78 is 0. The molecule has 1 unspecified atom stereocenters. The standard InChI is InChI=1S/C17H23N5O3/c23-15-6-5-14(17(25)21-15)19-12-1-3-13(4-2-12)20-16(24)11-22-9-7-18-8-10-22/h1-4,14,18-19H,5-11H2,(H,20,24)(H,21,23,25). The van der Waals surface area contributed by atoms with E-state index in [2.05, 4.69) is 26.2 Å². The summed E-state index contributed by atoms with van der Waals surface area (Å²) in [6, 6.07) is 6.80. The van der Waals surface area contributed by atoms with Crippen molar-refractivity contribution in [2.75, 3.05) is 43.4 Å². The number of benzene rings is 1. The van der Waals surface area contributed by atoms with Gasteiger partial charge < -0.3 is 16.0 Å². The van der Waals surface area contributed by atoms with Gasteiger partial charge in [0.1, 0.15) is 6.04 Å². The lowest BCUT2D eigenvalue weighted by Gasteiger charge is -2.26. The number of piperazine rings is 1. The number of nitrogens with zero attached hydrogens (tertiary/aromatic N) is 1. The first-order valence-electron chi connectivity index (χ1n) is 8.53. The Balaban J connectivity index is 1.49. The number of nitrogens with one attached hydrogen (secondary N) is 4. The lowest BCUT2D eigenvalue weighted by Crippen LogP contribution is -2.47. The van der Waals surface area contributed by atoms with Crippen molar-refractivity contribution < 1.29 is 14.4 Å². The van der Waals surface area contributed by atoms with Crippen molar-refractivity contribution in [3.63, 3.8) is 0 Å². The fourth-order valence-electron chi connectivity index (χ4n) is 2.96. The minimum atomic E-state index is -0.411. The van der Waals surface area contributed by atoms with Crippen LogP contribution in [0.3, 0.4) is 0 Å². The van der Waals surface area contributed by atoms with Gasteiger partial charge in [0, 0.05) is 44.0 Å². The molecule has 2 aliphatic rings. The Kier molecular flexibility index (Phi) is 5.62. The van der Waals surface area contributed by atoms with E-state index in [1.165, 1.54) is 0 Å². The monoisotopic (exact) mass is 345 g/mol. The first-order chi connectivity index (χ1) is 12.1. The lowest BCUT2D eigenvalue weighted by molar-refractivity contribution is -0.133. The quantitative estimate of drug-likeness (QED) is 0.549. The molecule has 2 aliphatic heterocycles. The van der Waals surface area contributed by atoms with E-state index >= 15 is 0 Å². The Labute approximate surface area is 146 Å². The van der Waals surface area contributed by atoms with Crippen LogP contribution in [0, 0.1) is 0 Å². The molecule has 8 heteroatoms. The van der Waals surface area contributed by atoms with E-state index in [1.807, 2.05) is 12.1 Å². The number of hydrogen-bond donors (Lipinski definition) is 4.